The molecule has 42 heavy (non-hydrogen) atoms. The van der Waals surface area contributed by atoms with Gasteiger partial charge >= 0.3 is 0 Å². The molecule has 1 N–H and O–H groups in total. The maximum Gasteiger partial charge on any atom is 0.264 e. The molecule has 0 heterocycles. The topological polar surface area (TPSA) is 96.0 Å². The van der Waals surface area contributed by atoms with E-state index in [0.717, 1.165) is 14.3 Å². The highest BCUT2D eigenvalue weighted by Gasteiger charge is 2.33. The molecule has 0 fully saturated rings. The van der Waals surface area contributed by atoms with E-state index in [-0.39, 0.29) is 23.3 Å². The van der Waals surface area contributed by atoms with Crippen molar-refractivity contribution in [3.8, 4) is 5.75 Å². The van der Waals surface area contributed by atoms with Crippen LogP contribution in [0.15, 0.2) is 88.2 Å². The Morgan fingerprint density at radius 3 is 2.14 bits per heavy atom. The van der Waals surface area contributed by atoms with Gasteiger partial charge < -0.3 is 15.0 Å². The van der Waals surface area contributed by atoms with Crippen molar-refractivity contribution >= 4 is 43.5 Å². The van der Waals surface area contributed by atoms with E-state index < -0.39 is 28.5 Å². The van der Waals surface area contributed by atoms with Crippen molar-refractivity contribution in [1.29, 1.82) is 0 Å². The van der Waals surface area contributed by atoms with Crippen LogP contribution in [0.3, 0.4) is 0 Å². The van der Waals surface area contributed by atoms with Gasteiger partial charge in [0.15, 0.2) is 0 Å². The number of nitrogens with one attached hydrogen (secondary N) is 1. The Kier molecular flexibility index (Phi) is 12.4. The maximum absolute atomic E-state index is 14.1. The van der Waals surface area contributed by atoms with Gasteiger partial charge in [-0.15, -0.1) is 0 Å². The first-order valence-electron chi connectivity index (χ1n) is 14.2. The minimum atomic E-state index is -4.14. The number of ether oxygens (including phenoxy) is 1. The van der Waals surface area contributed by atoms with Gasteiger partial charge in [-0.2, -0.15) is 0 Å². The number of hydrogen-bond acceptors (Lipinski definition) is 5. The van der Waals surface area contributed by atoms with E-state index in [1.54, 1.807) is 36.4 Å². The summed E-state index contributed by atoms with van der Waals surface area (Å²) >= 11 is 3.35. The Bertz CT molecular complexity index is 1400. The highest BCUT2D eigenvalue weighted by molar-refractivity contribution is 9.10. The number of halogens is 1. The molecule has 10 heteroatoms. The van der Waals surface area contributed by atoms with E-state index in [0.29, 0.717) is 37.4 Å². The molecule has 226 valence electrons. The molecule has 1 atom stereocenters. The van der Waals surface area contributed by atoms with Crippen LogP contribution in [0, 0.1) is 5.92 Å². The van der Waals surface area contributed by atoms with Crippen LogP contribution in [0.2, 0.25) is 0 Å². The summed E-state index contributed by atoms with van der Waals surface area (Å²) in [5.41, 5.74) is 1.33. The molecular weight excluding hydrogens is 618 g/mol. The maximum atomic E-state index is 14.1. The van der Waals surface area contributed by atoms with Crippen LogP contribution in [0.1, 0.15) is 39.7 Å². The second kappa shape index (κ2) is 15.7. The van der Waals surface area contributed by atoms with Crippen molar-refractivity contribution < 1.29 is 22.7 Å². The third kappa shape index (κ3) is 9.06. The lowest BCUT2D eigenvalue weighted by Gasteiger charge is -2.33. The molecule has 0 spiro atoms. The zero-order chi connectivity index (χ0) is 30.7. The Morgan fingerprint density at radius 2 is 1.57 bits per heavy atom. The van der Waals surface area contributed by atoms with Crippen LogP contribution in [0.25, 0.3) is 0 Å². The lowest BCUT2D eigenvalue weighted by molar-refractivity contribution is -0.139. The van der Waals surface area contributed by atoms with Crippen LogP contribution in [-0.4, -0.2) is 57.4 Å². The Labute approximate surface area is 258 Å². The number of carbonyl (C=O) groups is 2. The van der Waals surface area contributed by atoms with Crippen molar-refractivity contribution in [3.63, 3.8) is 0 Å². The highest BCUT2D eigenvalue weighted by Crippen LogP contribution is 2.27. The molecule has 0 bridgehead atoms. The summed E-state index contributed by atoms with van der Waals surface area (Å²) in [6.07, 6.45) is 0.899. The highest BCUT2D eigenvalue weighted by atomic mass is 79.9. The summed E-state index contributed by atoms with van der Waals surface area (Å²) in [7, 11) is -4.14. The SMILES string of the molecule is CCOc1ccc(N(CC(=O)N(CCc2ccccc2)[C@H](CC)C(=O)NCC(C)C)S(=O)(=O)c2ccc(Br)cc2)cc1. The number of amides is 2. The zero-order valence-electron chi connectivity index (χ0n) is 24.6. The zero-order valence-corrected chi connectivity index (χ0v) is 27.0. The number of nitrogens with zero attached hydrogens (tertiary/aromatic N) is 2. The molecule has 3 aromatic carbocycles. The average molecular weight is 659 g/mol. The predicted octanol–water partition coefficient (Wildman–Crippen LogP) is 5.67. The molecule has 0 aliphatic heterocycles. The molecule has 3 aromatic rings. The molecule has 3 rings (SSSR count). The first-order valence-corrected chi connectivity index (χ1v) is 16.4. The van der Waals surface area contributed by atoms with Gasteiger partial charge in [0.2, 0.25) is 11.8 Å². The number of anilines is 1. The Morgan fingerprint density at radius 1 is 0.929 bits per heavy atom. The second-order valence-electron chi connectivity index (χ2n) is 10.3. The summed E-state index contributed by atoms with van der Waals surface area (Å²) in [4.78, 5) is 28.9. The second-order valence-corrected chi connectivity index (χ2v) is 13.1. The minimum Gasteiger partial charge on any atom is -0.494 e. The summed E-state index contributed by atoms with van der Waals surface area (Å²) in [6, 6.07) is 21.8. The molecule has 0 saturated heterocycles. The number of benzene rings is 3. The first-order chi connectivity index (χ1) is 20.1. The average Bonchev–Trinajstić information content (AvgIpc) is 2.98. The molecule has 0 aromatic heterocycles. The van der Waals surface area contributed by atoms with Crippen LogP contribution in [-0.2, 0) is 26.0 Å². The van der Waals surface area contributed by atoms with Gasteiger partial charge in [0, 0.05) is 17.6 Å². The van der Waals surface area contributed by atoms with E-state index in [9.17, 15) is 18.0 Å². The Balaban J connectivity index is 2.00. The first kappa shape index (κ1) is 33.1. The van der Waals surface area contributed by atoms with E-state index in [1.807, 2.05) is 58.0 Å². The van der Waals surface area contributed by atoms with Crippen LogP contribution >= 0.6 is 15.9 Å². The van der Waals surface area contributed by atoms with Crippen molar-refractivity contribution in [3.05, 3.63) is 88.9 Å². The fourth-order valence-corrected chi connectivity index (χ4v) is 6.13. The summed E-state index contributed by atoms with van der Waals surface area (Å²) in [6.45, 7) is 8.44. The Hall–Kier alpha value is -3.37. The lowest BCUT2D eigenvalue weighted by atomic mass is 10.1. The fraction of sp³-hybridized carbons (Fsp3) is 0.375. The van der Waals surface area contributed by atoms with Crippen molar-refractivity contribution in [1.82, 2.24) is 10.2 Å². The minimum absolute atomic E-state index is 0.0462. The summed E-state index contributed by atoms with van der Waals surface area (Å²) in [5.74, 6) is 0.111. The molecule has 0 aliphatic carbocycles. The molecular formula is C32H40BrN3O5S. The molecule has 0 saturated carbocycles. The fourth-order valence-electron chi connectivity index (χ4n) is 4.46. The standard InChI is InChI=1S/C32H40BrN3O5S/c1-5-30(32(38)34-22-24(3)4)35(21-20-25-10-8-7-9-11-25)31(37)23-36(27-14-16-28(17-15-27)41-6-2)42(39,40)29-18-12-26(33)13-19-29/h7-19,24,30H,5-6,20-23H2,1-4H3,(H,34,38)/t30-/m1/s1. The number of sulfonamides is 1. The smallest absolute Gasteiger partial charge is 0.264 e. The van der Waals surface area contributed by atoms with E-state index in [4.69, 9.17) is 4.74 Å². The van der Waals surface area contributed by atoms with E-state index >= 15 is 0 Å². The summed E-state index contributed by atoms with van der Waals surface area (Å²) in [5, 5.41) is 2.95. The van der Waals surface area contributed by atoms with Crippen molar-refractivity contribution in [2.45, 2.75) is 51.5 Å². The lowest BCUT2D eigenvalue weighted by Crippen LogP contribution is -2.53. The summed E-state index contributed by atoms with van der Waals surface area (Å²) < 4.78 is 35.3. The van der Waals surface area contributed by atoms with Gasteiger partial charge in [0.05, 0.1) is 17.2 Å². The van der Waals surface area contributed by atoms with Gasteiger partial charge in [0.1, 0.15) is 18.3 Å². The van der Waals surface area contributed by atoms with Crippen LogP contribution in [0.5, 0.6) is 5.75 Å². The monoisotopic (exact) mass is 657 g/mol. The number of rotatable bonds is 15. The van der Waals surface area contributed by atoms with Gasteiger partial charge in [-0.3, -0.25) is 13.9 Å². The third-order valence-electron chi connectivity index (χ3n) is 6.67. The van der Waals surface area contributed by atoms with Gasteiger partial charge in [-0.1, -0.05) is 67.0 Å². The van der Waals surface area contributed by atoms with Gasteiger partial charge in [-0.25, -0.2) is 8.42 Å². The third-order valence-corrected chi connectivity index (χ3v) is 8.99. The van der Waals surface area contributed by atoms with Crippen LogP contribution in [0.4, 0.5) is 5.69 Å². The quantitative estimate of drug-likeness (QED) is 0.227. The molecule has 0 aliphatic rings. The normalized spacial score (nSPS) is 12.0. The van der Waals surface area contributed by atoms with Crippen molar-refractivity contribution in [2.24, 2.45) is 5.92 Å². The predicted molar refractivity (Wildman–Crippen MR) is 170 cm³/mol. The van der Waals surface area contributed by atoms with E-state index in [2.05, 4.69) is 21.2 Å². The van der Waals surface area contributed by atoms with Crippen LogP contribution < -0.4 is 14.4 Å². The van der Waals surface area contributed by atoms with Crippen molar-refractivity contribution in [2.75, 3.05) is 30.5 Å². The largest absolute Gasteiger partial charge is 0.494 e. The molecule has 2 amide bonds. The van der Waals surface area contributed by atoms with E-state index in [1.165, 1.54) is 17.0 Å². The molecule has 0 radical (unpaired) electrons. The van der Waals surface area contributed by atoms with Gasteiger partial charge in [0.25, 0.3) is 10.0 Å². The molecule has 8 nitrogen and oxygen atoms in total. The van der Waals surface area contributed by atoms with Gasteiger partial charge in [-0.05, 0) is 79.8 Å². The molecule has 0 unspecified atom stereocenters. The number of carbonyl (C=O) groups excluding carboxylic acids is 2. The number of hydrogen-bond donors (Lipinski definition) is 1.